The van der Waals surface area contributed by atoms with Crippen molar-refractivity contribution in [3.05, 3.63) is 40.6 Å². The van der Waals surface area contributed by atoms with Gasteiger partial charge >= 0.3 is 5.97 Å². The largest absolute Gasteiger partial charge is 0.478 e. The number of rotatable bonds is 6. The molecule has 0 fully saturated rings. The van der Waals surface area contributed by atoms with E-state index in [1.54, 1.807) is 14.0 Å². The highest BCUT2D eigenvalue weighted by Gasteiger charge is 2.19. The minimum Gasteiger partial charge on any atom is -0.478 e. The lowest BCUT2D eigenvalue weighted by Gasteiger charge is -2.19. The maximum atomic E-state index is 12.4. The van der Waals surface area contributed by atoms with E-state index in [0.717, 1.165) is 11.4 Å². The summed E-state index contributed by atoms with van der Waals surface area (Å²) >= 11 is 0. The van der Waals surface area contributed by atoms with E-state index in [1.807, 2.05) is 31.5 Å². The Morgan fingerprint density at radius 1 is 1.33 bits per heavy atom. The van der Waals surface area contributed by atoms with Crippen LogP contribution in [0.5, 0.6) is 0 Å². The number of carboxylic acid groups (broad SMARTS) is 1. The van der Waals surface area contributed by atoms with Crippen LogP contribution in [0.1, 0.15) is 52.7 Å². The van der Waals surface area contributed by atoms with E-state index in [-0.39, 0.29) is 24.1 Å². The number of aryl methyl sites for hydroxylation is 3. The molecule has 1 amide bonds. The standard InChI is InChI=1S/C17H23N3O4/c1-10-6-11(2)20(18-10)12(3)7-16(21)19(5)9-14-8-15(17(22)23)13(4)24-14/h6,8,12H,7,9H2,1-5H3,(H,22,23). The van der Waals surface area contributed by atoms with Gasteiger partial charge in [-0.05, 0) is 39.8 Å². The zero-order chi connectivity index (χ0) is 18.0. The van der Waals surface area contributed by atoms with E-state index >= 15 is 0 Å². The minimum absolute atomic E-state index is 0.0541. The highest BCUT2D eigenvalue weighted by atomic mass is 16.4. The number of carbonyl (C=O) groups is 2. The topological polar surface area (TPSA) is 88.6 Å². The van der Waals surface area contributed by atoms with Crippen LogP contribution in [0.25, 0.3) is 0 Å². The molecule has 2 aromatic heterocycles. The maximum absolute atomic E-state index is 12.4. The molecule has 0 radical (unpaired) electrons. The number of hydrogen-bond acceptors (Lipinski definition) is 4. The first-order valence-corrected chi connectivity index (χ1v) is 7.78. The summed E-state index contributed by atoms with van der Waals surface area (Å²) in [6, 6.07) is 3.39. The summed E-state index contributed by atoms with van der Waals surface area (Å²) in [6.45, 7) is 7.66. The summed E-state index contributed by atoms with van der Waals surface area (Å²) in [5.74, 6) is -0.288. The molecule has 2 heterocycles. The van der Waals surface area contributed by atoms with Gasteiger partial charge in [-0.15, -0.1) is 0 Å². The first-order valence-electron chi connectivity index (χ1n) is 7.78. The molecule has 0 aliphatic heterocycles. The van der Waals surface area contributed by atoms with Gasteiger partial charge in [-0.1, -0.05) is 0 Å². The highest BCUT2D eigenvalue weighted by molar-refractivity contribution is 5.88. The van der Waals surface area contributed by atoms with Gasteiger partial charge in [0, 0.05) is 19.2 Å². The summed E-state index contributed by atoms with van der Waals surface area (Å²) in [5.41, 5.74) is 2.07. The van der Waals surface area contributed by atoms with Crippen molar-refractivity contribution in [3.8, 4) is 0 Å². The van der Waals surface area contributed by atoms with Gasteiger partial charge < -0.3 is 14.4 Å². The molecule has 7 heteroatoms. The van der Waals surface area contributed by atoms with Crippen molar-refractivity contribution < 1.29 is 19.1 Å². The van der Waals surface area contributed by atoms with E-state index in [9.17, 15) is 9.59 Å². The van der Waals surface area contributed by atoms with Crippen molar-refractivity contribution in [2.45, 2.75) is 46.7 Å². The molecule has 0 saturated carbocycles. The zero-order valence-electron chi connectivity index (χ0n) is 14.7. The number of carbonyl (C=O) groups excluding carboxylic acids is 1. The second-order valence-electron chi connectivity index (χ2n) is 6.16. The van der Waals surface area contributed by atoms with Crippen LogP contribution in [0.4, 0.5) is 0 Å². The number of nitrogens with zero attached hydrogens (tertiary/aromatic N) is 3. The lowest BCUT2D eigenvalue weighted by atomic mass is 10.2. The Balaban J connectivity index is 2.00. The number of carboxylic acids is 1. The third-order valence-electron chi connectivity index (χ3n) is 3.95. The van der Waals surface area contributed by atoms with Crippen molar-refractivity contribution in [2.75, 3.05) is 7.05 Å². The summed E-state index contributed by atoms with van der Waals surface area (Å²) in [4.78, 5) is 25.0. The molecule has 2 rings (SSSR count). The predicted molar refractivity (Wildman–Crippen MR) is 87.9 cm³/mol. The van der Waals surface area contributed by atoms with Crippen LogP contribution >= 0.6 is 0 Å². The molecule has 24 heavy (non-hydrogen) atoms. The molecule has 7 nitrogen and oxygen atoms in total. The number of amides is 1. The summed E-state index contributed by atoms with van der Waals surface area (Å²) < 4.78 is 7.26. The average molecular weight is 333 g/mol. The van der Waals surface area contributed by atoms with Crippen LogP contribution in [-0.2, 0) is 11.3 Å². The molecule has 1 N–H and O–H groups in total. The Hall–Kier alpha value is -2.57. The van der Waals surface area contributed by atoms with Crippen LogP contribution < -0.4 is 0 Å². The molecule has 0 aliphatic carbocycles. The van der Waals surface area contributed by atoms with Crippen molar-refractivity contribution in [3.63, 3.8) is 0 Å². The number of furan rings is 1. The fourth-order valence-electron chi connectivity index (χ4n) is 2.74. The summed E-state index contributed by atoms with van der Waals surface area (Å²) in [5, 5.41) is 13.4. The molecular formula is C17H23N3O4. The van der Waals surface area contributed by atoms with E-state index in [0.29, 0.717) is 17.9 Å². The van der Waals surface area contributed by atoms with Crippen molar-refractivity contribution in [1.82, 2.24) is 14.7 Å². The van der Waals surface area contributed by atoms with E-state index < -0.39 is 5.97 Å². The van der Waals surface area contributed by atoms with Gasteiger partial charge in [0.15, 0.2) is 0 Å². The van der Waals surface area contributed by atoms with E-state index in [4.69, 9.17) is 9.52 Å². The minimum atomic E-state index is -1.03. The molecular weight excluding hydrogens is 310 g/mol. The van der Waals surface area contributed by atoms with Crippen LogP contribution in [0, 0.1) is 20.8 Å². The van der Waals surface area contributed by atoms with Crippen molar-refractivity contribution in [1.29, 1.82) is 0 Å². The Bertz CT molecular complexity index is 760. The molecule has 0 bridgehead atoms. The Morgan fingerprint density at radius 3 is 2.50 bits per heavy atom. The van der Waals surface area contributed by atoms with Crippen LogP contribution in [0.15, 0.2) is 16.5 Å². The number of aromatic nitrogens is 2. The van der Waals surface area contributed by atoms with Crippen LogP contribution in [0.3, 0.4) is 0 Å². The quantitative estimate of drug-likeness (QED) is 0.878. The lowest BCUT2D eigenvalue weighted by molar-refractivity contribution is -0.131. The van der Waals surface area contributed by atoms with Gasteiger partial charge in [-0.25, -0.2) is 4.79 Å². The van der Waals surface area contributed by atoms with Gasteiger partial charge in [-0.3, -0.25) is 9.48 Å². The van der Waals surface area contributed by atoms with Gasteiger partial charge in [-0.2, -0.15) is 5.10 Å². The lowest BCUT2D eigenvalue weighted by Crippen LogP contribution is -2.28. The molecule has 0 saturated heterocycles. The average Bonchev–Trinajstić information content (AvgIpc) is 3.00. The van der Waals surface area contributed by atoms with E-state index in [2.05, 4.69) is 5.10 Å². The Kier molecular flexibility index (Phi) is 5.11. The first kappa shape index (κ1) is 17.8. The predicted octanol–water partition coefficient (Wildman–Crippen LogP) is 2.71. The SMILES string of the molecule is Cc1cc(C)n(C(C)CC(=O)N(C)Cc2cc(C(=O)O)c(C)o2)n1. The summed E-state index contributed by atoms with van der Waals surface area (Å²) in [6.07, 6.45) is 0.309. The third kappa shape index (κ3) is 3.84. The normalized spacial score (nSPS) is 12.2. The van der Waals surface area contributed by atoms with Crippen LogP contribution in [0.2, 0.25) is 0 Å². The number of aromatic carboxylic acids is 1. The zero-order valence-corrected chi connectivity index (χ0v) is 14.7. The molecule has 0 aliphatic rings. The molecule has 1 unspecified atom stereocenters. The molecule has 130 valence electrons. The van der Waals surface area contributed by atoms with Gasteiger partial charge in [0.25, 0.3) is 0 Å². The molecule has 2 aromatic rings. The van der Waals surface area contributed by atoms with Gasteiger partial charge in [0.2, 0.25) is 5.91 Å². The van der Waals surface area contributed by atoms with E-state index in [1.165, 1.54) is 11.0 Å². The Morgan fingerprint density at radius 2 is 2.00 bits per heavy atom. The fourth-order valence-corrected chi connectivity index (χ4v) is 2.74. The van der Waals surface area contributed by atoms with Crippen LogP contribution in [-0.4, -0.2) is 38.7 Å². The third-order valence-corrected chi connectivity index (χ3v) is 3.95. The van der Waals surface area contributed by atoms with Gasteiger partial charge in [0.1, 0.15) is 17.1 Å². The summed E-state index contributed by atoms with van der Waals surface area (Å²) in [7, 11) is 1.68. The van der Waals surface area contributed by atoms with Crippen molar-refractivity contribution >= 4 is 11.9 Å². The monoisotopic (exact) mass is 333 g/mol. The number of hydrogen-bond donors (Lipinski definition) is 1. The fraction of sp³-hybridized carbons (Fsp3) is 0.471. The van der Waals surface area contributed by atoms with Crippen molar-refractivity contribution in [2.24, 2.45) is 0 Å². The smallest absolute Gasteiger partial charge is 0.339 e. The molecule has 0 aromatic carbocycles. The Labute approximate surface area is 140 Å². The maximum Gasteiger partial charge on any atom is 0.339 e. The van der Waals surface area contributed by atoms with Gasteiger partial charge in [0.05, 0.1) is 18.3 Å². The first-order chi connectivity index (χ1) is 11.2. The molecule has 0 spiro atoms. The molecule has 1 atom stereocenters. The highest BCUT2D eigenvalue weighted by Crippen LogP contribution is 2.18. The second-order valence-corrected chi connectivity index (χ2v) is 6.16. The second kappa shape index (κ2) is 6.90.